The zero-order chi connectivity index (χ0) is 19.8. The van der Waals surface area contributed by atoms with Gasteiger partial charge in [0.25, 0.3) is 0 Å². The molecule has 3 rings (SSSR count). The third kappa shape index (κ3) is 3.70. The molecule has 0 aliphatic heterocycles. The van der Waals surface area contributed by atoms with Crippen molar-refractivity contribution in [1.29, 1.82) is 0 Å². The SMILES string of the molecule is CNc1nc(Nc2sc(C(C)(C)n3cncn3)nc2C)ncc1C(F)(F)F. The predicted molar refractivity (Wildman–Crippen MR) is 95.2 cm³/mol. The molecule has 27 heavy (non-hydrogen) atoms. The summed E-state index contributed by atoms with van der Waals surface area (Å²) < 4.78 is 40.6. The lowest BCUT2D eigenvalue weighted by atomic mass is 10.1. The Labute approximate surface area is 156 Å². The van der Waals surface area contributed by atoms with Crippen LogP contribution in [-0.4, -0.2) is 36.8 Å². The van der Waals surface area contributed by atoms with Gasteiger partial charge in [-0.05, 0) is 20.8 Å². The molecule has 12 heteroatoms. The van der Waals surface area contributed by atoms with Crippen molar-refractivity contribution in [2.24, 2.45) is 0 Å². The Hall–Kier alpha value is -2.76. The summed E-state index contributed by atoms with van der Waals surface area (Å²) >= 11 is 1.35. The highest BCUT2D eigenvalue weighted by Gasteiger charge is 2.35. The Morgan fingerprint density at radius 3 is 2.52 bits per heavy atom. The second kappa shape index (κ2) is 6.76. The molecular formula is C15H17F3N8S. The van der Waals surface area contributed by atoms with Crippen molar-refractivity contribution in [2.45, 2.75) is 32.5 Å². The minimum atomic E-state index is -4.54. The van der Waals surface area contributed by atoms with Crippen molar-refractivity contribution in [3.63, 3.8) is 0 Å². The summed E-state index contributed by atoms with van der Waals surface area (Å²) in [6.07, 6.45) is -0.747. The maximum absolute atomic E-state index is 13.0. The van der Waals surface area contributed by atoms with Crippen LogP contribution in [0.2, 0.25) is 0 Å². The maximum Gasteiger partial charge on any atom is 0.421 e. The van der Waals surface area contributed by atoms with E-state index in [-0.39, 0.29) is 11.8 Å². The van der Waals surface area contributed by atoms with Gasteiger partial charge in [-0.3, -0.25) is 0 Å². The second-order valence-electron chi connectivity index (χ2n) is 6.16. The molecule has 8 nitrogen and oxygen atoms in total. The summed E-state index contributed by atoms with van der Waals surface area (Å²) in [6, 6.07) is 0. The minimum Gasteiger partial charge on any atom is -0.372 e. The number of nitrogens with zero attached hydrogens (tertiary/aromatic N) is 6. The van der Waals surface area contributed by atoms with Crippen LogP contribution in [0, 0.1) is 6.92 Å². The Bertz CT molecular complexity index is 933. The summed E-state index contributed by atoms with van der Waals surface area (Å²) in [6.45, 7) is 5.68. The first kappa shape index (κ1) is 19.0. The lowest BCUT2D eigenvalue weighted by Gasteiger charge is -2.21. The van der Waals surface area contributed by atoms with Gasteiger partial charge in [0.2, 0.25) is 5.95 Å². The highest BCUT2D eigenvalue weighted by atomic mass is 32.1. The van der Waals surface area contributed by atoms with Crippen LogP contribution in [-0.2, 0) is 11.7 Å². The van der Waals surface area contributed by atoms with Gasteiger partial charge in [-0.1, -0.05) is 11.3 Å². The predicted octanol–water partition coefficient (Wildman–Crippen LogP) is 3.42. The largest absolute Gasteiger partial charge is 0.421 e. The van der Waals surface area contributed by atoms with Crippen LogP contribution < -0.4 is 10.6 Å². The molecule has 2 N–H and O–H groups in total. The van der Waals surface area contributed by atoms with E-state index in [1.807, 2.05) is 13.8 Å². The van der Waals surface area contributed by atoms with Crippen LogP contribution in [0.1, 0.15) is 30.1 Å². The Kier molecular flexibility index (Phi) is 4.76. The van der Waals surface area contributed by atoms with Gasteiger partial charge in [0.05, 0.1) is 5.69 Å². The minimum absolute atomic E-state index is 0.0456. The normalized spacial score (nSPS) is 12.3. The first-order valence-electron chi connectivity index (χ1n) is 7.85. The Morgan fingerprint density at radius 1 is 1.19 bits per heavy atom. The van der Waals surface area contributed by atoms with E-state index in [2.05, 4.69) is 35.7 Å². The van der Waals surface area contributed by atoms with E-state index in [9.17, 15) is 13.2 Å². The molecule has 0 saturated carbocycles. The van der Waals surface area contributed by atoms with Crippen molar-refractivity contribution >= 4 is 28.1 Å². The standard InChI is InChI=1S/C15H17F3N8S/c1-8-11(27-12(23-8)14(2,3)26-7-20-6-22-26)25-13-21-5-9(15(16,17)18)10(19-4)24-13/h5-7H,1-4H3,(H2,19,21,24,25). The van der Waals surface area contributed by atoms with Gasteiger partial charge in [-0.15, -0.1) is 0 Å². The van der Waals surface area contributed by atoms with Crippen molar-refractivity contribution in [1.82, 2.24) is 29.7 Å². The molecule has 3 heterocycles. The number of aromatic nitrogens is 6. The Balaban J connectivity index is 1.90. The van der Waals surface area contributed by atoms with E-state index >= 15 is 0 Å². The number of halogens is 3. The lowest BCUT2D eigenvalue weighted by Crippen LogP contribution is -2.28. The van der Waals surface area contributed by atoms with Crippen LogP contribution >= 0.6 is 11.3 Å². The van der Waals surface area contributed by atoms with Crippen molar-refractivity contribution in [3.8, 4) is 0 Å². The Morgan fingerprint density at radius 2 is 1.93 bits per heavy atom. The molecule has 0 fully saturated rings. The van der Waals surface area contributed by atoms with Gasteiger partial charge in [0.1, 0.15) is 39.6 Å². The van der Waals surface area contributed by atoms with Gasteiger partial charge in [-0.25, -0.2) is 19.6 Å². The second-order valence-corrected chi connectivity index (χ2v) is 7.16. The number of aryl methyl sites for hydroxylation is 1. The molecule has 0 aromatic carbocycles. The monoisotopic (exact) mass is 398 g/mol. The van der Waals surface area contributed by atoms with Crippen LogP contribution in [0.25, 0.3) is 0 Å². The lowest BCUT2D eigenvalue weighted by molar-refractivity contribution is -0.137. The number of thiazole rings is 1. The van der Waals surface area contributed by atoms with Gasteiger partial charge in [-0.2, -0.15) is 23.3 Å². The van der Waals surface area contributed by atoms with Gasteiger partial charge < -0.3 is 10.6 Å². The van der Waals surface area contributed by atoms with Crippen molar-refractivity contribution < 1.29 is 13.2 Å². The first-order valence-corrected chi connectivity index (χ1v) is 8.66. The summed E-state index contributed by atoms with van der Waals surface area (Å²) in [4.78, 5) is 16.2. The summed E-state index contributed by atoms with van der Waals surface area (Å²) in [5.41, 5.74) is -0.787. The van der Waals surface area contributed by atoms with E-state index in [0.29, 0.717) is 10.7 Å². The molecule has 0 saturated heterocycles. The van der Waals surface area contributed by atoms with Gasteiger partial charge in [0.15, 0.2) is 0 Å². The fraction of sp³-hybridized carbons (Fsp3) is 0.400. The quantitative estimate of drug-likeness (QED) is 0.680. The molecule has 3 aromatic rings. The van der Waals surface area contributed by atoms with Crippen molar-refractivity contribution in [2.75, 3.05) is 17.7 Å². The van der Waals surface area contributed by atoms with E-state index < -0.39 is 17.3 Å². The van der Waals surface area contributed by atoms with E-state index in [0.717, 1.165) is 11.2 Å². The number of rotatable bonds is 5. The fourth-order valence-electron chi connectivity index (χ4n) is 2.31. The third-order valence-electron chi connectivity index (χ3n) is 3.87. The van der Waals surface area contributed by atoms with Gasteiger partial charge >= 0.3 is 6.18 Å². The number of hydrogen-bond donors (Lipinski definition) is 2. The molecule has 3 aromatic heterocycles. The number of anilines is 3. The topological polar surface area (TPSA) is 93.4 Å². The van der Waals surface area contributed by atoms with E-state index in [4.69, 9.17) is 0 Å². The first-order chi connectivity index (χ1) is 12.6. The highest BCUT2D eigenvalue weighted by molar-refractivity contribution is 7.16. The fourth-order valence-corrected chi connectivity index (χ4v) is 3.37. The van der Waals surface area contributed by atoms with Crippen LogP contribution in [0.3, 0.4) is 0 Å². The zero-order valence-corrected chi connectivity index (χ0v) is 15.8. The number of alkyl halides is 3. The molecule has 0 atom stereocenters. The van der Waals surface area contributed by atoms with E-state index in [1.54, 1.807) is 17.9 Å². The highest BCUT2D eigenvalue weighted by Crippen LogP contribution is 2.36. The third-order valence-corrected chi connectivity index (χ3v) is 5.25. The summed E-state index contributed by atoms with van der Waals surface area (Å²) in [5.74, 6) is -0.255. The molecule has 0 unspecified atom stereocenters. The van der Waals surface area contributed by atoms with Crippen molar-refractivity contribution in [3.05, 3.63) is 35.1 Å². The summed E-state index contributed by atoms with van der Waals surface area (Å²) in [7, 11) is 1.37. The van der Waals surface area contributed by atoms with E-state index in [1.165, 1.54) is 24.7 Å². The molecule has 0 radical (unpaired) electrons. The molecule has 0 aliphatic carbocycles. The number of hydrogen-bond acceptors (Lipinski definition) is 8. The number of nitrogens with one attached hydrogen (secondary N) is 2. The molecule has 144 valence electrons. The molecule has 0 amide bonds. The van der Waals surface area contributed by atoms with Crippen LogP contribution in [0.4, 0.5) is 29.9 Å². The molecule has 0 bridgehead atoms. The maximum atomic E-state index is 13.0. The van der Waals surface area contributed by atoms with Gasteiger partial charge in [0, 0.05) is 13.2 Å². The smallest absolute Gasteiger partial charge is 0.372 e. The zero-order valence-electron chi connectivity index (χ0n) is 15.0. The average molecular weight is 398 g/mol. The molecule has 0 spiro atoms. The molecular weight excluding hydrogens is 381 g/mol. The molecule has 0 aliphatic rings. The van der Waals surface area contributed by atoms with Crippen LogP contribution in [0.5, 0.6) is 0 Å². The summed E-state index contributed by atoms with van der Waals surface area (Å²) in [5, 5.41) is 10.9. The van der Waals surface area contributed by atoms with Crippen LogP contribution in [0.15, 0.2) is 18.9 Å². The average Bonchev–Trinajstić information content (AvgIpc) is 3.25.